The van der Waals surface area contributed by atoms with Gasteiger partial charge < -0.3 is 23.7 Å². The molecule has 0 aromatic rings. The predicted octanol–water partition coefficient (Wildman–Crippen LogP) is 1.17. The highest BCUT2D eigenvalue weighted by molar-refractivity contribution is 5.57. The quantitative estimate of drug-likeness (QED) is 0.552. The Morgan fingerprint density at radius 2 is 2.26 bits per heavy atom. The fourth-order valence-electron chi connectivity index (χ4n) is 3.41. The molecule has 5 nitrogen and oxygen atoms in total. The average Bonchev–Trinajstić information content (AvgIpc) is 3.08. The first-order valence-electron chi connectivity index (χ1n) is 7.10. The average molecular weight is 266 g/mol. The van der Waals surface area contributed by atoms with Crippen molar-refractivity contribution in [3.8, 4) is 0 Å². The van der Waals surface area contributed by atoms with Gasteiger partial charge in [-0.15, -0.1) is 0 Å². The van der Waals surface area contributed by atoms with Crippen LogP contribution in [-0.2, 0) is 23.7 Å². The van der Waals surface area contributed by atoms with E-state index in [-0.39, 0.29) is 30.5 Å². The van der Waals surface area contributed by atoms with E-state index < -0.39 is 0 Å². The zero-order valence-corrected chi connectivity index (χ0v) is 10.7. The van der Waals surface area contributed by atoms with Gasteiger partial charge in [-0.3, -0.25) is 0 Å². The molecule has 3 fully saturated rings. The molecule has 0 radical (unpaired) electrons. The standard InChI is InChI=1S/C14H18O5/c15-5-4-8-9(7-17-10-3-1-2-6-16-10)12-14-13(19-14)11(8)18-12/h5,9-10,12-14H,1-4,6-7H2. The van der Waals surface area contributed by atoms with Crippen LogP contribution in [-0.4, -0.2) is 44.1 Å². The molecule has 0 saturated carbocycles. The third-order valence-electron chi connectivity index (χ3n) is 4.43. The lowest BCUT2D eigenvalue weighted by Crippen LogP contribution is -2.32. The molecule has 4 aliphatic heterocycles. The summed E-state index contributed by atoms with van der Waals surface area (Å²) in [6, 6.07) is 0. The molecule has 0 amide bonds. The molecule has 4 aliphatic rings. The van der Waals surface area contributed by atoms with Crippen molar-refractivity contribution in [3.63, 3.8) is 0 Å². The van der Waals surface area contributed by atoms with Crippen molar-refractivity contribution >= 4 is 6.29 Å². The fourth-order valence-corrected chi connectivity index (χ4v) is 3.41. The highest BCUT2D eigenvalue weighted by Crippen LogP contribution is 2.54. The first-order chi connectivity index (χ1) is 9.38. The lowest BCUT2D eigenvalue weighted by molar-refractivity contribution is -0.170. The zero-order valence-electron chi connectivity index (χ0n) is 10.7. The molecule has 4 heterocycles. The minimum atomic E-state index is -0.0914. The molecular formula is C14H18O5. The Balaban J connectivity index is 1.41. The van der Waals surface area contributed by atoms with Gasteiger partial charge in [0, 0.05) is 18.9 Å². The Hall–Kier alpha value is -0.910. The van der Waals surface area contributed by atoms with Crippen LogP contribution in [0.2, 0.25) is 0 Å². The van der Waals surface area contributed by atoms with Crippen LogP contribution >= 0.6 is 0 Å². The smallest absolute Gasteiger partial charge is 0.157 e. The second-order valence-corrected chi connectivity index (χ2v) is 5.60. The van der Waals surface area contributed by atoms with Gasteiger partial charge >= 0.3 is 0 Å². The van der Waals surface area contributed by atoms with Crippen LogP contribution in [0, 0.1) is 5.92 Å². The molecule has 19 heavy (non-hydrogen) atoms. The number of aldehydes is 1. The van der Waals surface area contributed by atoms with Crippen molar-refractivity contribution < 1.29 is 23.7 Å². The van der Waals surface area contributed by atoms with Crippen LogP contribution in [0.1, 0.15) is 25.7 Å². The van der Waals surface area contributed by atoms with E-state index in [1.165, 1.54) is 0 Å². The van der Waals surface area contributed by atoms with Gasteiger partial charge in [0.2, 0.25) is 0 Å². The summed E-state index contributed by atoms with van der Waals surface area (Å²) in [5.41, 5.74) is 1.08. The van der Waals surface area contributed by atoms with Crippen LogP contribution < -0.4 is 0 Å². The van der Waals surface area contributed by atoms with Crippen molar-refractivity contribution in [1.29, 1.82) is 0 Å². The van der Waals surface area contributed by atoms with Crippen molar-refractivity contribution in [2.45, 2.75) is 50.3 Å². The molecule has 0 aromatic carbocycles. The molecule has 5 unspecified atom stereocenters. The van der Waals surface area contributed by atoms with Gasteiger partial charge in [0.1, 0.15) is 30.4 Å². The third-order valence-corrected chi connectivity index (χ3v) is 4.43. The first kappa shape index (κ1) is 11.9. The molecule has 2 bridgehead atoms. The van der Waals surface area contributed by atoms with Crippen LogP contribution in [0.4, 0.5) is 0 Å². The van der Waals surface area contributed by atoms with E-state index in [9.17, 15) is 4.79 Å². The van der Waals surface area contributed by atoms with Crippen molar-refractivity contribution in [3.05, 3.63) is 11.3 Å². The number of rotatable bonds is 5. The molecule has 0 spiro atoms. The van der Waals surface area contributed by atoms with Crippen LogP contribution in [0.3, 0.4) is 0 Å². The van der Waals surface area contributed by atoms with E-state index in [0.29, 0.717) is 13.0 Å². The number of hydrogen-bond donors (Lipinski definition) is 0. The van der Waals surface area contributed by atoms with Crippen molar-refractivity contribution in [2.24, 2.45) is 5.92 Å². The summed E-state index contributed by atoms with van der Waals surface area (Å²) in [6.45, 7) is 1.35. The summed E-state index contributed by atoms with van der Waals surface area (Å²) in [5.74, 6) is 1.06. The van der Waals surface area contributed by atoms with Crippen LogP contribution in [0.5, 0.6) is 0 Å². The first-order valence-corrected chi connectivity index (χ1v) is 7.10. The SMILES string of the molecule is O=CCC1=C2OC(C1COC1CCCCO1)C1OC21. The summed E-state index contributed by atoms with van der Waals surface area (Å²) in [4.78, 5) is 10.8. The molecule has 3 saturated heterocycles. The molecule has 5 atom stereocenters. The van der Waals surface area contributed by atoms with E-state index in [0.717, 1.165) is 43.5 Å². The van der Waals surface area contributed by atoms with Crippen molar-refractivity contribution in [1.82, 2.24) is 0 Å². The molecule has 104 valence electrons. The minimum Gasteiger partial charge on any atom is -0.488 e. The van der Waals surface area contributed by atoms with Gasteiger partial charge in [0.15, 0.2) is 6.29 Å². The van der Waals surface area contributed by atoms with E-state index in [1.54, 1.807) is 0 Å². The number of carbonyl (C=O) groups is 1. The molecule has 0 N–H and O–H groups in total. The predicted molar refractivity (Wildman–Crippen MR) is 64.3 cm³/mol. The second-order valence-electron chi connectivity index (χ2n) is 5.60. The minimum absolute atomic E-state index is 0.0542. The highest BCUT2D eigenvalue weighted by Gasteiger charge is 2.64. The summed E-state index contributed by atoms with van der Waals surface area (Å²) >= 11 is 0. The Morgan fingerprint density at radius 3 is 3.05 bits per heavy atom. The van der Waals surface area contributed by atoms with Gasteiger partial charge in [-0.25, -0.2) is 0 Å². The highest BCUT2D eigenvalue weighted by atomic mass is 16.7. The Bertz CT molecular complexity index is 412. The fraction of sp³-hybridized carbons (Fsp3) is 0.786. The number of ether oxygens (including phenoxy) is 4. The van der Waals surface area contributed by atoms with E-state index in [1.807, 2.05) is 0 Å². The maximum absolute atomic E-state index is 10.8. The molecule has 0 aromatic heterocycles. The van der Waals surface area contributed by atoms with Gasteiger partial charge in [0.05, 0.1) is 6.61 Å². The molecular weight excluding hydrogens is 248 g/mol. The topological polar surface area (TPSA) is 57.3 Å². The Morgan fingerprint density at radius 1 is 1.32 bits per heavy atom. The summed E-state index contributed by atoms with van der Waals surface area (Å²) in [6.07, 6.45) is 4.89. The van der Waals surface area contributed by atoms with E-state index in [2.05, 4.69) is 0 Å². The monoisotopic (exact) mass is 266 g/mol. The Labute approximate surface area is 111 Å². The Kier molecular flexibility index (Phi) is 2.86. The van der Waals surface area contributed by atoms with Crippen molar-refractivity contribution in [2.75, 3.05) is 13.2 Å². The van der Waals surface area contributed by atoms with Gasteiger partial charge in [-0.1, -0.05) is 0 Å². The molecule has 0 aliphatic carbocycles. The number of fused-ring (bicyclic) bond motifs is 5. The molecule has 5 heteroatoms. The van der Waals surface area contributed by atoms with Gasteiger partial charge in [-0.2, -0.15) is 0 Å². The second kappa shape index (κ2) is 4.58. The summed E-state index contributed by atoms with van der Waals surface area (Å²) < 4.78 is 22.8. The van der Waals surface area contributed by atoms with Crippen LogP contribution in [0.25, 0.3) is 0 Å². The maximum Gasteiger partial charge on any atom is 0.157 e. The van der Waals surface area contributed by atoms with E-state index in [4.69, 9.17) is 18.9 Å². The number of hydrogen-bond acceptors (Lipinski definition) is 5. The normalized spacial score (nSPS) is 43.1. The largest absolute Gasteiger partial charge is 0.488 e. The summed E-state index contributed by atoms with van der Waals surface area (Å²) in [5, 5.41) is 0. The van der Waals surface area contributed by atoms with Crippen LogP contribution in [0.15, 0.2) is 11.3 Å². The summed E-state index contributed by atoms with van der Waals surface area (Å²) in [7, 11) is 0. The molecule has 4 rings (SSSR count). The zero-order chi connectivity index (χ0) is 12.8. The van der Waals surface area contributed by atoms with E-state index >= 15 is 0 Å². The lowest BCUT2D eigenvalue weighted by Gasteiger charge is -2.26. The third kappa shape index (κ3) is 1.91. The van der Waals surface area contributed by atoms with Gasteiger partial charge in [-0.05, 0) is 24.8 Å². The van der Waals surface area contributed by atoms with Gasteiger partial charge in [0.25, 0.3) is 0 Å². The maximum atomic E-state index is 10.8. The lowest BCUT2D eigenvalue weighted by atomic mass is 9.86. The number of epoxide rings is 1. The number of carbonyl (C=O) groups excluding carboxylic acids is 1.